The molecule has 0 aromatic heterocycles. The van der Waals surface area contributed by atoms with E-state index < -0.39 is 6.09 Å². The van der Waals surface area contributed by atoms with Gasteiger partial charge in [-0.25, -0.2) is 9.79 Å². The summed E-state index contributed by atoms with van der Waals surface area (Å²) in [7, 11) is 1.34. The lowest BCUT2D eigenvalue weighted by molar-refractivity contribution is 0.176. The summed E-state index contributed by atoms with van der Waals surface area (Å²) >= 11 is 0. The molecule has 78 valence electrons. The smallest absolute Gasteiger partial charge is 0.412 e. The molecule has 0 saturated heterocycles. The number of amides is 1. The van der Waals surface area contributed by atoms with Gasteiger partial charge in [-0.15, -0.1) is 0 Å². The Kier molecular flexibility index (Phi) is 2.67. The van der Waals surface area contributed by atoms with Crippen LogP contribution in [0.25, 0.3) is 0 Å². The molecule has 1 amide bonds. The van der Waals surface area contributed by atoms with Crippen molar-refractivity contribution in [2.24, 2.45) is 4.99 Å². The zero-order chi connectivity index (χ0) is 10.7. The van der Waals surface area contributed by atoms with Crippen molar-refractivity contribution in [2.75, 3.05) is 7.11 Å². The number of hydrogen-bond acceptors (Lipinski definition) is 3. The molecule has 0 bridgehead atoms. The van der Waals surface area contributed by atoms with Crippen LogP contribution in [0, 0.1) is 0 Å². The molecule has 0 atom stereocenters. The Labute approximate surface area is 88.0 Å². The number of alkyl carbamates (subject to hydrolysis) is 1. The number of nitrogens with one attached hydrogen (secondary N) is 1. The van der Waals surface area contributed by atoms with E-state index in [9.17, 15) is 4.79 Å². The van der Waals surface area contributed by atoms with Crippen LogP contribution in [0.4, 0.5) is 10.5 Å². The average molecular weight is 204 g/mol. The predicted octanol–water partition coefficient (Wildman–Crippen LogP) is 2.02. The van der Waals surface area contributed by atoms with Crippen molar-refractivity contribution < 1.29 is 9.53 Å². The van der Waals surface area contributed by atoms with Crippen molar-refractivity contribution in [2.45, 2.75) is 12.8 Å². The number of aryl methyl sites for hydroxylation is 1. The number of rotatable bonds is 0. The molecule has 0 aliphatic carbocycles. The molecule has 1 aromatic carbocycles. The second-order valence-electron chi connectivity index (χ2n) is 3.30. The highest BCUT2D eigenvalue weighted by Gasteiger charge is 2.13. The molecule has 4 heteroatoms. The molecule has 4 nitrogen and oxygen atoms in total. The summed E-state index contributed by atoms with van der Waals surface area (Å²) in [6.45, 7) is 0. The topological polar surface area (TPSA) is 50.7 Å². The molecule has 15 heavy (non-hydrogen) atoms. The van der Waals surface area contributed by atoms with E-state index >= 15 is 0 Å². The highest BCUT2D eigenvalue weighted by molar-refractivity contribution is 5.97. The molecular formula is C11H12N2O2. The van der Waals surface area contributed by atoms with E-state index in [-0.39, 0.29) is 0 Å². The first-order chi connectivity index (χ1) is 7.29. The van der Waals surface area contributed by atoms with Crippen LogP contribution in [-0.2, 0) is 11.2 Å². The Morgan fingerprint density at radius 2 is 2.20 bits per heavy atom. The molecule has 0 saturated carbocycles. The normalized spacial score (nSPS) is 13.8. The number of benzene rings is 1. The van der Waals surface area contributed by atoms with E-state index in [1.54, 1.807) is 0 Å². The first-order valence-corrected chi connectivity index (χ1v) is 4.80. The average Bonchev–Trinajstić information content (AvgIpc) is 2.29. The maximum atomic E-state index is 11.0. The Hall–Kier alpha value is -1.84. The lowest BCUT2D eigenvalue weighted by Gasteiger charge is -2.15. The Bertz CT molecular complexity index is 413. The van der Waals surface area contributed by atoms with Crippen molar-refractivity contribution >= 4 is 17.6 Å². The molecule has 0 unspecified atom stereocenters. The summed E-state index contributed by atoms with van der Waals surface area (Å²) in [6, 6.07) is 7.91. The standard InChI is InChI=1S/C11H12N2O2/c1-15-11(14)13-10-7-6-8-4-2-3-5-9(8)12-10/h2-5H,6-7H2,1H3,(H,12,13,14). The Morgan fingerprint density at radius 1 is 1.40 bits per heavy atom. The summed E-state index contributed by atoms with van der Waals surface area (Å²) in [4.78, 5) is 15.3. The van der Waals surface area contributed by atoms with E-state index in [4.69, 9.17) is 0 Å². The Balaban J connectivity index is 2.18. The number of nitrogens with zero attached hydrogens (tertiary/aromatic N) is 1. The van der Waals surface area contributed by atoms with Gasteiger partial charge < -0.3 is 4.74 Å². The van der Waals surface area contributed by atoms with Gasteiger partial charge in [-0.3, -0.25) is 5.32 Å². The van der Waals surface area contributed by atoms with Gasteiger partial charge >= 0.3 is 6.09 Å². The van der Waals surface area contributed by atoms with Crippen LogP contribution in [0.5, 0.6) is 0 Å². The monoisotopic (exact) mass is 204 g/mol. The zero-order valence-corrected chi connectivity index (χ0v) is 8.49. The number of carbonyl (C=O) groups is 1. The van der Waals surface area contributed by atoms with E-state index in [0.717, 1.165) is 18.5 Å². The van der Waals surface area contributed by atoms with Crippen LogP contribution >= 0.6 is 0 Å². The quantitative estimate of drug-likeness (QED) is 0.702. The van der Waals surface area contributed by atoms with Gasteiger partial charge in [0.25, 0.3) is 0 Å². The fourth-order valence-corrected chi connectivity index (χ4v) is 1.54. The number of carbonyl (C=O) groups excluding carboxylic acids is 1. The fraction of sp³-hybridized carbons (Fsp3) is 0.273. The number of hydrogen-bond donors (Lipinski definition) is 1. The van der Waals surface area contributed by atoms with Crippen molar-refractivity contribution in [1.82, 2.24) is 5.32 Å². The van der Waals surface area contributed by atoms with E-state index in [1.807, 2.05) is 24.3 Å². The molecule has 1 heterocycles. The third-order valence-electron chi connectivity index (χ3n) is 2.31. The molecule has 1 N–H and O–H groups in total. The third-order valence-corrected chi connectivity index (χ3v) is 2.31. The van der Waals surface area contributed by atoms with Crippen molar-refractivity contribution in [1.29, 1.82) is 0 Å². The first-order valence-electron chi connectivity index (χ1n) is 4.80. The number of amidine groups is 1. The van der Waals surface area contributed by atoms with Gasteiger partial charge in [-0.1, -0.05) is 18.2 Å². The van der Waals surface area contributed by atoms with Gasteiger partial charge in [0.05, 0.1) is 12.8 Å². The van der Waals surface area contributed by atoms with Gasteiger partial charge in [0, 0.05) is 6.42 Å². The number of aliphatic imine (C=N–C) groups is 1. The van der Waals surface area contributed by atoms with Gasteiger partial charge in [0.15, 0.2) is 0 Å². The number of fused-ring (bicyclic) bond motifs is 1. The summed E-state index contributed by atoms with van der Waals surface area (Å²) in [5.74, 6) is 0.667. The summed E-state index contributed by atoms with van der Waals surface area (Å²) in [6.07, 6.45) is 1.18. The van der Waals surface area contributed by atoms with Crippen LogP contribution in [0.2, 0.25) is 0 Å². The number of para-hydroxylation sites is 1. The van der Waals surface area contributed by atoms with Crippen molar-refractivity contribution in [3.63, 3.8) is 0 Å². The van der Waals surface area contributed by atoms with Crippen LogP contribution in [0.3, 0.4) is 0 Å². The second-order valence-corrected chi connectivity index (χ2v) is 3.30. The summed E-state index contributed by atoms with van der Waals surface area (Å²) in [5.41, 5.74) is 2.14. The number of methoxy groups -OCH3 is 1. The van der Waals surface area contributed by atoms with Crippen LogP contribution in [0.1, 0.15) is 12.0 Å². The van der Waals surface area contributed by atoms with Crippen LogP contribution in [0.15, 0.2) is 29.3 Å². The minimum atomic E-state index is -0.465. The van der Waals surface area contributed by atoms with E-state index in [2.05, 4.69) is 15.0 Å². The molecule has 0 radical (unpaired) electrons. The number of ether oxygens (including phenoxy) is 1. The summed E-state index contributed by atoms with van der Waals surface area (Å²) < 4.78 is 4.51. The van der Waals surface area contributed by atoms with E-state index in [0.29, 0.717) is 5.84 Å². The Morgan fingerprint density at radius 3 is 3.00 bits per heavy atom. The molecule has 0 fully saturated rings. The van der Waals surface area contributed by atoms with Crippen molar-refractivity contribution in [3.8, 4) is 0 Å². The predicted molar refractivity (Wildman–Crippen MR) is 57.4 cm³/mol. The largest absolute Gasteiger partial charge is 0.453 e. The molecule has 1 aliphatic rings. The molecule has 1 aliphatic heterocycles. The lowest BCUT2D eigenvalue weighted by atomic mass is 10.0. The highest BCUT2D eigenvalue weighted by atomic mass is 16.5. The second kappa shape index (κ2) is 4.13. The van der Waals surface area contributed by atoms with Crippen LogP contribution in [-0.4, -0.2) is 19.0 Å². The van der Waals surface area contributed by atoms with Gasteiger partial charge in [0.1, 0.15) is 5.84 Å². The molecular weight excluding hydrogens is 192 g/mol. The minimum Gasteiger partial charge on any atom is -0.453 e. The SMILES string of the molecule is COC(=O)NC1=Nc2ccccc2CC1. The molecule has 2 rings (SSSR count). The minimum absolute atomic E-state index is 0.465. The van der Waals surface area contributed by atoms with Gasteiger partial charge in [-0.05, 0) is 18.1 Å². The molecule has 0 spiro atoms. The van der Waals surface area contributed by atoms with Gasteiger partial charge in [-0.2, -0.15) is 0 Å². The fourth-order valence-electron chi connectivity index (χ4n) is 1.54. The summed E-state index contributed by atoms with van der Waals surface area (Å²) in [5, 5.41) is 2.60. The lowest BCUT2D eigenvalue weighted by Crippen LogP contribution is -2.31. The highest BCUT2D eigenvalue weighted by Crippen LogP contribution is 2.24. The maximum Gasteiger partial charge on any atom is 0.412 e. The maximum absolute atomic E-state index is 11.0. The zero-order valence-electron chi connectivity index (χ0n) is 8.49. The van der Waals surface area contributed by atoms with E-state index in [1.165, 1.54) is 12.7 Å². The van der Waals surface area contributed by atoms with Crippen molar-refractivity contribution in [3.05, 3.63) is 29.8 Å². The van der Waals surface area contributed by atoms with Crippen LogP contribution < -0.4 is 5.32 Å². The first kappa shape index (κ1) is 9.71. The van der Waals surface area contributed by atoms with Gasteiger partial charge in [0.2, 0.25) is 0 Å². The molecule has 1 aromatic rings. The third kappa shape index (κ3) is 2.15.